The van der Waals surface area contributed by atoms with Crippen LogP contribution in [0, 0.1) is 5.92 Å². The predicted molar refractivity (Wildman–Crippen MR) is 97.3 cm³/mol. The van der Waals surface area contributed by atoms with Crippen LogP contribution >= 0.6 is 0 Å². The Morgan fingerprint density at radius 2 is 1.74 bits per heavy atom. The molecular weight excluding hydrogens is 372 g/mol. The van der Waals surface area contributed by atoms with Crippen molar-refractivity contribution < 1.29 is 27.9 Å². The first kappa shape index (κ1) is 19.6. The Kier molecular flexibility index (Phi) is 5.71. The third-order valence-corrected chi connectivity index (χ3v) is 7.14. The molecule has 0 aromatic heterocycles. The highest BCUT2D eigenvalue weighted by Gasteiger charge is 2.32. The van der Waals surface area contributed by atoms with E-state index in [-0.39, 0.29) is 22.1 Å². The lowest BCUT2D eigenvalue weighted by Gasteiger charge is -2.30. The van der Waals surface area contributed by atoms with Crippen molar-refractivity contribution >= 4 is 21.9 Å². The van der Waals surface area contributed by atoms with Gasteiger partial charge in [-0.3, -0.25) is 9.59 Å². The van der Waals surface area contributed by atoms with E-state index in [1.54, 1.807) is 11.0 Å². The molecule has 148 valence electrons. The fourth-order valence-electron chi connectivity index (χ4n) is 3.59. The van der Waals surface area contributed by atoms with Gasteiger partial charge in [0.05, 0.1) is 13.0 Å². The van der Waals surface area contributed by atoms with Crippen LogP contribution in [0.4, 0.5) is 0 Å². The molecule has 1 aromatic carbocycles. The molecule has 9 heteroatoms. The second kappa shape index (κ2) is 7.85. The molecule has 2 heterocycles. The van der Waals surface area contributed by atoms with Gasteiger partial charge in [-0.1, -0.05) is 0 Å². The Morgan fingerprint density at radius 3 is 2.30 bits per heavy atom. The maximum absolute atomic E-state index is 12.9. The molecule has 0 bridgehead atoms. The number of benzene rings is 1. The fraction of sp³-hybridized carbons (Fsp3) is 0.556. The molecule has 27 heavy (non-hydrogen) atoms. The zero-order chi connectivity index (χ0) is 19.6. The molecule has 2 fully saturated rings. The summed E-state index contributed by atoms with van der Waals surface area (Å²) in [5.41, 5.74) is 0.266. The van der Waals surface area contributed by atoms with E-state index in [1.807, 2.05) is 0 Å². The van der Waals surface area contributed by atoms with Crippen molar-refractivity contribution in [1.29, 1.82) is 0 Å². The lowest BCUT2D eigenvalue weighted by Crippen LogP contribution is -2.40. The Bertz CT molecular complexity index is 824. The Balaban J connectivity index is 1.85. The van der Waals surface area contributed by atoms with E-state index in [1.165, 1.54) is 23.5 Å². The summed E-state index contributed by atoms with van der Waals surface area (Å²) in [7, 11) is -2.33. The van der Waals surface area contributed by atoms with E-state index >= 15 is 0 Å². The number of aliphatic carboxylic acids is 1. The van der Waals surface area contributed by atoms with E-state index in [0.29, 0.717) is 39.0 Å². The summed E-state index contributed by atoms with van der Waals surface area (Å²) in [6.07, 6.45) is 2.43. The molecule has 8 nitrogen and oxygen atoms in total. The molecule has 0 saturated carbocycles. The molecule has 2 aliphatic heterocycles. The van der Waals surface area contributed by atoms with E-state index in [0.717, 1.165) is 12.8 Å². The molecular formula is C18H24N2O6S. The number of carbonyl (C=O) groups excluding carboxylic acids is 1. The van der Waals surface area contributed by atoms with Crippen molar-refractivity contribution in [2.75, 3.05) is 33.3 Å². The van der Waals surface area contributed by atoms with Crippen LogP contribution in [0.15, 0.2) is 23.1 Å². The summed E-state index contributed by atoms with van der Waals surface area (Å²) in [6.45, 7) is 1.62. The van der Waals surface area contributed by atoms with Crippen LogP contribution in [0.25, 0.3) is 0 Å². The summed E-state index contributed by atoms with van der Waals surface area (Å²) in [5, 5.41) is 9.08. The molecule has 1 N–H and O–H groups in total. The van der Waals surface area contributed by atoms with Crippen LogP contribution in [-0.4, -0.2) is 67.9 Å². The van der Waals surface area contributed by atoms with Gasteiger partial charge >= 0.3 is 5.97 Å². The predicted octanol–water partition coefficient (Wildman–Crippen LogP) is 1.42. The average Bonchev–Trinajstić information content (AvgIpc) is 3.22. The molecule has 0 atom stereocenters. The number of likely N-dealkylation sites (tertiary alicyclic amines) is 1. The molecule has 2 aliphatic rings. The van der Waals surface area contributed by atoms with Crippen molar-refractivity contribution in [3.8, 4) is 5.75 Å². The summed E-state index contributed by atoms with van der Waals surface area (Å²) in [6, 6.07) is 4.42. The van der Waals surface area contributed by atoms with Gasteiger partial charge in [-0.05, 0) is 43.9 Å². The maximum atomic E-state index is 12.9. The minimum Gasteiger partial charge on any atom is -0.495 e. The molecule has 1 amide bonds. The summed E-state index contributed by atoms with van der Waals surface area (Å²) in [5.74, 6) is -1.36. The van der Waals surface area contributed by atoms with Crippen molar-refractivity contribution in [2.45, 2.75) is 30.6 Å². The maximum Gasteiger partial charge on any atom is 0.306 e. The second-order valence-corrected chi connectivity index (χ2v) is 8.79. The van der Waals surface area contributed by atoms with Crippen LogP contribution in [-0.2, 0) is 14.8 Å². The Morgan fingerprint density at radius 1 is 1.11 bits per heavy atom. The van der Waals surface area contributed by atoms with Crippen molar-refractivity contribution in [3.05, 3.63) is 23.8 Å². The van der Waals surface area contributed by atoms with Crippen LogP contribution in [0.3, 0.4) is 0 Å². The number of piperidine rings is 1. The molecule has 0 spiro atoms. The highest BCUT2D eigenvalue weighted by molar-refractivity contribution is 7.89. The second-order valence-electron chi connectivity index (χ2n) is 6.88. The number of carbonyl (C=O) groups is 2. The molecule has 2 saturated heterocycles. The average molecular weight is 396 g/mol. The van der Waals surface area contributed by atoms with Gasteiger partial charge in [-0.25, -0.2) is 8.42 Å². The third-order valence-electron chi connectivity index (χ3n) is 5.22. The first-order valence-corrected chi connectivity index (χ1v) is 10.5. The Hall–Kier alpha value is -2.13. The smallest absolute Gasteiger partial charge is 0.306 e. The number of hydrogen-bond donors (Lipinski definition) is 1. The first-order chi connectivity index (χ1) is 12.8. The highest BCUT2D eigenvalue weighted by atomic mass is 32.2. The van der Waals surface area contributed by atoms with E-state index in [4.69, 9.17) is 9.84 Å². The van der Waals surface area contributed by atoms with Gasteiger partial charge < -0.3 is 14.7 Å². The monoisotopic (exact) mass is 396 g/mol. The zero-order valence-electron chi connectivity index (χ0n) is 15.3. The zero-order valence-corrected chi connectivity index (χ0v) is 16.1. The summed E-state index contributed by atoms with van der Waals surface area (Å²) < 4.78 is 32.5. The number of ether oxygens (including phenoxy) is 1. The highest BCUT2D eigenvalue weighted by Crippen LogP contribution is 2.30. The van der Waals surface area contributed by atoms with Gasteiger partial charge in [0.25, 0.3) is 5.91 Å². The van der Waals surface area contributed by atoms with Gasteiger partial charge in [-0.2, -0.15) is 4.31 Å². The third kappa shape index (κ3) is 3.93. The molecule has 0 radical (unpaired) electrons. The standard InChI is InChI=1S/C18H24N2O6S/c1-26-15-5-4-14(12-16(15)27(24,25)20-8-2-3-9-20)17(21)19-10-6-13(7-11-19)18(22)23/h4-5,12-13H,2-3,6-11H2,1H3,(H,22,23). The molecule has 0 aliphatic carbocycles. The minimum absolute atomic E-state index is 0.00169. The van der Waals surface area contributed by atoms with E-state index < -0.39 is 21.9 Å². The number of methoxy groups -OCH3 is 1. The van der Waals surface area contributed by atoms with Crippen molar-refractivity contribution in [2.24, 2.45) is 5.92 Å². The topological polar surface area (TPSA) is 104 Å². The quantitative estimate of drug-likeness (QED) is 0.807. The van der Waals surface area contributed by atoms with Crippen molar-refractivity contribution in [1.82, 2.24) is 9.21 Å². The lowest BCUT2D eigenvalue weighted by molar-refractivity contribution is -0.143. The molecule has 0 unspecified atom stereocenters. The van der Waals surface area contributed by atoms with Gasteiger partial charge in [-0.15, -0.1) is 0 Å². The number of nitrogens with zero attached hydrogens (tertiary/aromatic N) is 2. The normalized spacial score (nSPS) is 19.2. The lowest BCUT2D eigenvalue weighted by atomic mass is 9.96. The largest absolute Gasteiger partial charge is 0.495 e. The van der Waals surface area contributed by atoms with Gasteiger partial charge in [0.2, 0.25) is 10.0 Å². The van der Waals surface area contributed by atoms with Gasteiger partial charge in [0, 0.05) is 31.7 Å². The first-order valence-electron chi connectivity index (χ1n) is 9.05. The van der Waals surface area contributed by atoms with Gasteiger partial charge in [0.1, 0.15) is 10.6 Å². The number of hydrogen-bond acceptors (Lipinski definition) is 5. The van der Waals surface area contributed by atoms with Crippen LogP contribution in [0.2, 0.25) is 0 Å². The molecule has 3 rings (SSSR count). The summed E-state index contributed by atoms with van der Waals surface area (Å²) >= 11 is 0. The number of rotatable bonds is 5. The number of amides is 1. The van der Waals surface area contributed by atoms with Crippen LogP contribution in [0.1, 0.15) is 36.0 Å². The van der Waals surface area contributed by atoms with E-state index in [9.17, 15) is 18.0 Å². The SMILES string of the molecule is COc1ccc(C(=O)N2CCC(C(=O)O)CC2)cc1S(=O)(=O)N1CCCC1. The van der Waals surface area contributed by atoms with Crippen LogP contribution < -0.4 is 4.74 Å². The minimum atomic E-state index is -3.73. The summed E-state index contributed by atoms with van der Waals surface area (Å²) in [4.78, 5) is 25.4. The van der Waals surface area contributed by atoms with Crippen molar-refractivity contribution in [3.63, 3.8) is 0 Å². The number of carboxylic acid groups (broad SMARTS) is 1. The van der Waals surface area contributed by atoms with Crippen LogP contribution in [0.5, 0.6) is 5.75 Å². The Labute approximate surface area is 158 Å². The fourth-order valence-corrected chi connectivity index (χ4v) is 5.29. The number of sulfonamides is 1. The number of carboxylic acids is 1. The molecule has 1 aromatic rings. The van der Waals surface area contributed by atoms with Gasteiger partial charge in [0.15, 0.2) is 0 Å². The van der Waals surface area contributed by atoms with E-state index in [2.05, 4.69) is 0 Å².